The van der Waals surface area contributed by atoms with Gasteiger partial charge in [0.25, 0.3) is 5.91 Å². The number of carbonyl (C=O) groups excluding carboxylic acids is 3. The lowest BCUT2D eigenvalue weighted by Crippen LogP contribution is -2.37. The molecule has 0 radical (unpaired) electrons. The molecule has 4 amide bonds. The van der Waals surface area contributed by atoms with Crippen LogP contribution in [0.5, 0.6) is 5.75 Å². The van der Waals surface area contributed by atoms with Gasteiger partial charge in [0, 0.05) is 12.5 Å². The molecular weight excluding hydrogens is 370 g/mol. The minimum Gasteiger partial charge on any atom is -0.497 e. The van der Waals surface area contributed by atoms with Gasteiger partial charge in [0.15, 0.2) is 0 Å². The molecule has 1 unspecified atom stereocenters. The Hall–Kier alpha value is -2.57. The van der Waals surface area contributed by atoms with E-state index in [1.54, 1.807) is 19.2 Å². The third-order valence-corrected chi connectivity index (χ3v) is 5.74. The van der Waals surface area contributed by atoms with Gasteiger partial charge in [-0.25, -0.2) is 4.79 Å². The summed E-state index contributed by atoms with van der Waals surface area (Å²) in [4.78, 5) is 38.4. The Bertz CT molecular complexity index is 711. The third-order valence-electron chi connectivity index (χ3n) is 5.74. The number of urea groups is 1. The Morgan fingerprint density at radius 1 is 1.10 bits per heavy atom. The molecule has 7 nitrogen and oxygen atoms in total. The molecule has 0 spiro atoms. The topological polar surface area (TPSA) is 87.7 Å². The number of hydrogen-bond acceptors (Lipinski definition) is 4. The monoisotopic (exact) mass is 401 g/mol. The van der Waals surface area contributed by atoms with Crippen LogP contribution >= 0.6 is 0 Å². The number of amides is 4. The van der Waals surface area contributed by atoms with Crippen LogP contribution in [0, 0.1) is 0 Å². The van der Waals surface area contributed by atoms with Crippen LogP contribution in [0.4, 0.5) is 4.79 Å². The van der Waals surface area contributed by atoms with E-state index in [1.807, 2.05) is 12.1 Å². The molecule has 1 aliphatic carbocycles. The van der Waals surface area contributed by atoms with Gasteiger partial charge in [-0.1, -0.05) is 44.2 Å². The maximum Gasteiger partial charge on any atom is 0.325 e. The molecule has 158 valence electrons. The number of rotatable bonds is 7. The van der Waals surface area contributed by atoms with E-state index in [-0.39, 0.29) is 30.8 Å². The van der Waals surface area contributed by atoms with Gasteiger partial charge in [-0.3, -0.25) is 14.5 Å². The highest BCUT2D eigenvalue weighted by Crippen LogP contribution is 2.19. The van der Waals surface area contributed by atoms with Crippen LogP contribution in [0.3, 0.4) is 0 Å². The van der Waals surface area contributed by atoms with E-state index >= 15 is 0 Å². The Kier molecular flexibility index (Phi) is 7.49. The van der Waals surface area contributed by atoms with E-state index < -0.39 is 12.1 Å². The lowest BCUT2D eigenvalue weighted by molar-refractivity contribution is -0.128. The summed E-state index contributed by atoms with van der Waals surface area (Å²) in [5, 5.41) is 5.82. The molecular formula is C22H31N3O4. The predicted octanol–water partition coefficient (Wildman–Crippen LogP) is 3.12. The van der Waals surface area contributed by atoms with Gasteiger partial charge in [-0.2, -0.15) is 0 Å². The zero-order valence-electron chi connectivity index (χ0n) is 17.1. The van der Waals surface area contributed by atoms with Crippen molar-refractivity contribution in [3.05, 3.63) is 29.8 Å². The van der Waals surface area contributed by atoms with E-state index in [2.05, 4.69) is 10.6 Å². The smallest absolute Gasteiger partial charge is 0.325 e. The normalized spacial score (nSPS) is 20.7. The first-order chi connectivity index (χ1) is 14.1. The van der Waals surface area contributed by atoms with Crippen LogP contribution in [-0.4, -0.2) is 41.9 Å². The summed E-state index contributed by atoms with van der Waals surface area (Å²) in [6.07, 6.45) is 8.69. The number of methoxy groups -OCH3 is 1. The average Bonchev–Trinajstić information content (AvgIpc) is 2.96. The van der Waals surface area contributed by atoms with Gasteiger partial charge in [0.05, 0.1) is 13.7 Å². The fourth-order valence-corrected chi connectivity index (χ4v) is 4.01. The molecule has 0 aromatic heterocycles. The van der Waals surface area contributed by atoms with Crippen LogP contribution in [0.15, 0.2) is 24.3 Å². The predicted molar refractivity (Wildman–Crippen MR) is 109 cm³/mol. The molecule has 0 bridgehead atoms. The largest absolute Gasteiger partial charge is 0.497 e. The SMILES string of the molecule is COc1ccc(CN2C(=O)NC(CCC(=O)NC3CCCCCCC3)C2=O)cc1. The maximum absolute atomic E-state index is 12.6. The Morgan fingerprint density at radius 2 is 1.76 bits per heavy atom. The van der Waals surface area contributed by atoms with E-state index in [0.717, 1.165) is 37.0 Å². The molecule has 29 heavy (non-hydrogen) atoms. The number of hydrogen-bond donors (Lipinski definition) is 2. The lowest BCUT2D eigenvalue weighted by Gasteiger charge is -2.21. The molecule has 1 aromatic carbocycles. The maximum atomic E-state index is 12.6. The van der Waals surface area contributed by atoms with Crippen molar-refractivity contribution in [3.8, 4) is 5.75 Å². The van der Waals surface area contributed by atoms with E-state index in [4.69, 9.17) is 4.74 Å². The quantitative estimate of drug-likeness (QED) is 0.687. The van der Waals surface area contributed by atoms with Crippen molar-refractivity contribution in [1.82, 2.24) is 15.5 Å². The van der Waals surface area contributed by atoms with Crippen molar-refractivity contribution in [1.29, 1.82) is 0 Å². The zero-order valence-corrected chi connectivity index (χ0v) is 17.1. The summed E-state index contributed by atoms with van der Waals surface area (Å²) in [5.74, 6) is 0.412. The molecule has 1 atom stereocenters. The molecule has 3 rings (SSSR count). The minimum absolute atomic E-state index is 0.0359. The fraction of sp³-hybridized carbons (Fsp3) is 0.591. The van der Waals surface area contributed by atoms with E-state index in [1.165, 1.54) is 24.2 Å². The summed E-state index contributed by atoms with van der Waals surface area (Å²) in [5.41, 5.74) is 0.844. The van der Waals surface area contributed by atoms with Gasteiger partial charge >= 0.3 is 6.03 Å². The molecule has 2 aliphatic rings. The van der Waals surface area contributed by atoms with Crippen LogP contribution in [0.1, 0.15) is 63.4 Å². The van der Waals surface area contributed by atoms with Crippen molar-refractivity contribution < 1.29 is 19.1 Å². The Balaban J connectivity index is 1.46. The van der Waals surface area contributed by atoms with Gasteiger partial charge in [0.2, 0.25) is 5.91 Å². The number of nitrogens with one attached hydrogen (secondary N) is 2. The summed E-state index contributed by atoms with van der Waals surface area (Å²) in [6.45, 7) is 0.208. The van der Waals surface area contributed by atoms with Gasteiger partial charge in [-0.05, 0) is 37.0 Å². The molecule has 1 saturated carbocycles. The highest BCUT2D eigenvalue weighted by molar-refractivity contribution is 6.04. The average molecular weight is 402 g/mol. The first kappa shape index (κ1) is 21.1. The number of ether oxygens (including phenoxy) is 1. The summed E-state index contributed by atoms with van der Waals surface area (Å²) < 4.78 is 5.12. The Morgan fingerprint density at radius 3 is 2.41 bits per heavy atom. The van der Waals surface area contributed by atoms with E-state index in [0.29, 0.717) is 6.42 Å². The summed E-state index contributed by atoms with van der Waals surface area (Å²) >= 11 is 0. The van der Waals surface area contributed by atoms with Gasteiger partial charge in [0.1, 0.15) is 11.8 Å². The zero-order chi connectivity index (χ0) is 20.6. The number of nitrogens with zero attached hydrogens (tertiary/aromatic N) is 1. The van der Waals surface area contributed by atoms with E-state index in [9.17, 15) is 14.4 Å². The summed E-state index contributed by atoms with van der Waals surface area (Å²) in [6, 6.07) is 6.45. The van der Waals surface area contributed by atoms with Gasteiger partial charge in [-0.15, -0.1) is 0 Å². The van der Waals surface area contributed by atoms with Crippen LogP contribution in [-0.2, 0) is 16.1 Å². The molecule has 1 heterocycles. The fourth-order valence-electron chi connectivity index (χ4n) is 4.01. The molecule has 7 heteroatoms. The van der Waals surface area contributed by atoms with Crippen molar-refractivity contribution in [2.45, 2.75) is 76.4 Å². The lowest BCUT2D eigenvalue weighted by atomic mass is 9.96. The Labute approximate surface area is 172 Å². The highest BCUT2D eigenvalue weighted by atomic mass is 16.5. The minimum atomic E-state index is -0.635. The first-order valence-electron chi connectivity index (χ1n) is 10.6. The molecule has 1 saturated heterocycles. The molecule has 2 N–H and O–H groups in total. The molecule has 1 aliphatic heterocycles. The standard InChI is InChI=1S/C22H31N3O4/c1-29-18-11-9-16(10-12-18)15-25-21(27)19(24-22(25)28)13-14-20(26)23-17-7-5-3-2-4-6-8-17/h9-12,17,19H,2-8,13-15H2,1H3,(H,23,26)(H,24,28). The van der Waals surface area contributed by atoms with Crippen LogP contribution < -0.4 is 15.4 Å². The number of imide groups is 1. The van der Waals surface area contributed by atoms with Crippen molar-refractivity contribution in [2.75, 3.05) is 7.11 Å². The summed E-state index contributed by atoms with van der Waals surface area (Å²) in [7, 11) is 1.59. The highest BCUT2D eigenvalue weighted by Gasteiger charge is 2.37. The second kappa shape index (κ2) is 10.3. The van der Waals surface area contributed by atoms with Crippen molar-refractivity contribution in [3.63, 3.8) is 0 Å². The first-order valence-corrected chi connectivity index (χ1v) is 10.6. The third kappa shape index (κ3) is 5.95. The van der Waals surface area contributed by atoms with Crippen LogP contribution in [0.2, 0.25) is 0 Å². The second-order valence-corrected chi connectivity index (χ2v) is 7.92. The van der Waals surface area contributed by atoms with Crippen LogP contribution in [0.25, 0.3) is 0 Å². The molecule has 2 fully saturated rings. The number of carbonyl (C=O) groups is 3. The second-order valence-electron chi connectivity index (χ2n) is 7.92. The van der Waals surface area contributed by atoms with Crippen molar-refractivity contribution >= 4 is 17.8 Å². The van der Waals surface area contributed by atoms with Gasteiger partial charge < -0.3 is 15.4 Å². The van der Waals surface area contributed by atoms with Crippen molar-refractivity contribution in [2.24, 2.45) is 0 Å². The number of benzene rings is 1. The molecule has 1 aromatic rings.